The molecule has 0 amide bonds. The van der Waals surface area contributed by atoms with Gasteiger partial charge >= 0.3 is 0 Å². The van der Waals surface area contributed by atoms with Crippen molar-refractivity contribution in [1.29, 1.82) is 0 Å². The normalized spacial score (nSPS) is 13.3. The van der Waals surface area contributed by atoms with Gasteiger partial charge in [0, 0.05) is 17.7 Å². The number of nitrogens with zero attached hydrogens (tertiary/aromatic N) is 2. The minimum absolute atomic E-state index is 0.0229. The van der Waals surface area contributed by atoms with Crippen molar-refractivity contribution >= 4 is 11.5 Å². The molecule has 120 valence electrons. The van der Waals surface area contributed by atoms with Crippen LogP contribution in [0.4, 0.5) is 5.82 Å². The average Bonchev–Trinajstić information content (AvgIpc) is 2.84. The second-order valence-electron chi connectivity index (χ2n) is 7.29. The molecule has 3 heteroatoms. The summed E-state index contributed by atoms with van der Waals surface area (Å²) in [5.41, 5.74) is 4.57. The third-order valence-electron chi connectivity index (χ3n) is 4.00. The van der Waals surface area contributed by atoms with Crippen molar-refractivity contribution < 1.29 is 0 Å². The van der Waals surface area contributed by atoms with E-state index in [-0.39, 0.29) is 11.5 Å². The van der Waals surface area contributed by atoms with Gasteiger partial charge in [0.05, 0.1) is 5.69 Å². The fraction of sp³-hybridized carbons (Fsp3) is 0.350. The zero-order valence-corrected chi connectivity index (χ0v) is 14.6. The number of imidazole rings is 1. The summed E-state index contributed by atoms with van der Waals surface area (Å²) in [6.07, 6.45) is 2.15. The lowest BCUT2D eigenvalue weighted by atomic mass is 9.97. The Morgan fingerprint density at radius 1 is 1.04 bits per heavy atom. The van der Waals surface area contributed by atoms with Crippen LogP contribution in [0.25, 0.3) is 5.65 Å². The number of anilines is 1. The molecule has 1 aromatic carbocycles. The number of pyridine rings is 1. The van der Waals surface area contributed by atoms with Gasteiger partial charge in [0.2, 0.25) is 0 Å². The Kier molecular flexibility index (Phi) is 3.88. The molecule has 0 radical (unpaired) electrons. The number of fused-ring (bicyclic) bond motifs is 1. The maximum absolute atomic E-state index is 4.91. The van der Waals surface area contributed by atoms with Crippen LogP contribution in [0.15, 0.2) is 48.7 Å². The van der Waals surface area contributed by atoms with E-state index < -0.39 is 0 Å². The molecule has 3 rings (SSSR count). The molecule has 0 aliphatic heterocycles. The molecule has 23 heavy (non-hydrogen) atoms. The largest absolute Gasteiger partial charge is 0.365 e. The van der Waals surface area contributed by atoms with Crippen LogP contribution in [0, 0.1) is 6.92 Å². The average molecular weight is 307 g/mol. The molecule has 1 atom stereocenters. The Morgan fingerprint density at radius 2 is 1.74 bits per heavy atom. The SMILES string of the molecule is Cc1ccc2nc([C@@H](C)c3ccccc3)c(NC(C)(C)C)n2c1. The molecule has 0 saturated carbocycles. The highest BCUT2D eigenvalue weighted by atomic mass is 15.2. The molecule has 2 aromatic heterocycles. The van der Waals surface area contributed by atoms with Gasteiger partial charge in [0.1, 0.15) is 11.5 Å². The highest BCUT2D eigenvalue weighted by molar-refractivity contribution is 5.59. The van der Waals surface area contributed by atoms with Crippen molar-refractivity contribution in [3.63, 3.8) is 0 Å². The smallest absolute Gasteiger partial charge is 0.138 e. The van der Waals surface area contributed by atoms with Gasteiger partial charge in [-0.05, 0) is 44.9 Å². The quantitative estimate of drug-likeness (QED) is 0.737. The van der Waals surface area contributed by atoms with Crippen molar-refractivity contribution in [2.75, 3.05) is 5.32 Å². The summed E-state index contributed by atoms with van der Waals surface area (Å²) in [7, 11) is 0. The van der Waals surface area contributed by atoms with E-state index in [1.165, 1.54) is 11.1 Å². The fourth-order valence-electron chi connectivity index (χ4n) is 2.85. The molecule has 0 unspecified atom stereocenters. The van der Waals surface area contributed by atoms with Gasteiger partial charge in [-0.1, -0.05) is 43.3 Å². The van der Waals surface area contributed by atoms with Crippen molar-refractivity contribution in [2.45, 2.75) is 46.1 Å². The zero-order chi connectivity index (χ0) is 16.6. The molecule has 0 aliphatic rings. The van der Waals surface area contributed by atoms with Crippen molar-refractivity contribution in [2.24, 2.45) is 0 Å². The van der Waals surface area contributed by atoms with Crippen molar-refractivity contribution in [1.82, 2.24) is 9.38 Å². The maximum Gasteiger partial charge on any atom is 0.138 e. The van der Waals surface area contributed by atoms with Gasteiger partial charge < -0.3 is 5.32 Å². The van der Waals surface area contributed by atoms with E-state index in [2.05, 4.69) is 93.0 Å². The lowest BCUT2D eigenvalue weighted by molar-refractivity contribution is 0.626. The molecule has 3 nitrogen and oxygen atoms in total. The second-order valence-corrected chi connectivity index (χ2v) is 7.29. The van der Waals surface area contributed by atoms with Gasteiger partial charge in [-0.3, -0.25) is 4.40 Å². The Labute approximate surface area is 138 Å². The first-order valence-electron chi connectivity index (χ1n) is 8.17. The number of nitrogens with one attached hydrogen (secondary N) is 1. The zero-order valence-electron chi connectivity index (χ0n) is 14.6. The van der Waals surface area contributed by atoms with Gasteiger partial charge in [0.25, 0.3) is 0 Å². The van der Waals surface area contributed by atoms with Gasteiger partial charge in [-0.2, -0.15) is 0 Å². The highest BCUT2D eigenvalue weighted by Gasteiger charge is 2.22. The first kappa shape index (κ1) is 15.6. The lowest BCUT2D eigenvalue weighted by Crippen LogP contribution is -2.27. The molecule has 0 fully saturated rings. The number of hydrogen-bond donors (Lipinski definition) is 1. The van der Waals surface area contributed by atoms with Crippen LogP contribution in [0.5, 0.6) is 0 Å². The van der Waals surface area contributed by atoms with Crippen molar-refractivity contribution in [3.8, 4) is 0 Å². The van der Waals surface area contributed by atoms with Crippen LogP contribution < -0.4 is 5.32 Å². The summed E-state index contributed by atoms with van der Waals surface area (Å²) in [5.74, 6) is 1.33. The third kappa shape index (κ3) is 3.24. The molecule has 0 spiro atoms. The minimum Gasteiger partial charge on any atom is -0.365 e. The van der Waals surface area contributed by atoms with Crippen molar-refractivity contribution in [3.05, 3.63) is 65.5 Å². The Bertz CT molecular complexity index is 810. The lowest BCUT2D eigenvalue weighted by Gasteiger charge is -2.24. The fourth-order valence-corrected chi connectivity index (χ4v) is 2.85. The number of aryl methyl sites for hydroxylation is 1. The van der Waals surface area contributed by atoms with Crippen LogP contribution in [0.3, 0.4) is 0 Å². The van der Waals surface area contributed by atoms with Gasteiger partial charge in [-0.25, -0.2) is 4.98 Å². The number of aromatic nitrogens is 2. The van der Waals surface area contributed by atoms with E-state index in [9.17, 15) is 0 Å². The topological polar surface area (TPSA) is 29.3 Å². The van der Waals surface area contributed by atoms with Gasteiger partial charge in [-0.15, -0.1) is 0 Å². The first-order valence-corrected chi connectivity index (χ1v) is 8.17. The van der Waals surface area contributed by atoms with E-state index >= 15 is 0 Å². The van der Waals surface area contributed by atoms with E-state index in [1.54, 1.807) is 0 Å². The number of hydrogen-bond acceptors (Lipinski definition) is 2. The summed E-state index contributed by atoms with van der Waals surface area (Å²) < 4.78 is 2.18. The van der Waals surface area contributed by atoms with Crippen LogP contribution in [-0.4, -0.2) is 14.9 Å². The van der Waals surface area contributed by atoms with Crippen LogP contribution >= 0.6 is 0 Å². The molecule has 1 N–H and O–H groups in total. The molecule has 0 bridgehead atoms. The summed E-state index contributed by atoms with van der Waals surface area (Å²) in [6, 6.07) is 14.8. The summed E-state index contributed by atoms with van der Waals surface area (Å²) in [5, 5.41) is 3.65. The van der Waals surface area contributed by atoms with E-state index in [0.717, 1.165) is 17.2 Å². The molecular formula is C20H25N3. The van der Waals surface area contributed by atoms with Crippen LogP contribution in [0.2, 0.25) is 0 Å². The summed E-state index contributed by atoms with van der Waals surface area (Å²) in [4.78, 5) is 4.91. The summed E-state index contributed by atoms with van der Waals surface area (Å²) in [6.45, 7) is 10.9. The van der Waals surface area contributed by atoms with E-state index in [1.807, 2.05) is 0 Å². The maximum atomic E-state index is 4.91. The van der Waals surface area contributed by atoms with E-state index in [0.29, 0.717) is 0 Å². The first-order chi connectivity index (χ1) is 10.8. The minimum atomic E-state index is -0.0229. The Morgan fingerprint density at radius 3 is 2.39 bits per heavy atom. The second kappa shape index (κ2) is 5.73. The third-order valence-corrected chi connectivity index (χ3v) is 4.00. The number of benzene rings is 1. The number of rotatable bonds is 3. The molecule has 0 saturated heterocycles. The molecular weight excluding hydrogens is 282 g/mol. The van der Waals surface area contributed by atoms with Crippen LogP contribution in [0.1, 0.15) is 50.4 Å². The molecule has 3 aromatic rings. The molecule has 0 aliphatic carbocycles. The summed E-state index contributed by atoms with van der Waals surface area (Å²) >= 11 is 0. The predicted octanol–water partition coefficient (Wildman–Crippen LogP) is 5.00. The Balaban J connectivity index is 2.17. The van der Waals surface area contributed by atoms with Gasteiger partial charge in [0.15, 0.2) is 0 Å². The standard InChI is InChI=1S/C20H25N3/c1-14-11-12-17-21-18(15(2)16-9-7-6-8-10-16)19(23(17)13-14)22-20(3,4)5/h6-13,15,22H,1-5H3/t15-/m0/s1. The monoisotopic (exact) mass is 307 g/mol. The van der Waals surface area contributed by atoms with Crippen LogP contribution in [-0.2, 0) is 0 Å². The predicted molar refractivity (Wildman–Crippen MR) is 97.3 cm³/mol. The molecule has 2 heterocycles. The highest BCUT2D eigenvalue weighted by Crippen LogP contribution is 2.32. The Hall–Kier alpha value is -2.29. The van der Waals surface area contributed by atoms with E-state index in [4.69, 9.17) is 4.98 Å².